The third kappa shape index (κ3) is 3.19. The Labute approximate surface area is 182 Å². The van der Waals surface area contributed by atoms with Crippen LogP contribution in [0.2, 0.25) is 0 Å². The summed E-state index contributed by atoms with van der Waals surface area (Å²) in [6.45, 7) is 2.43. The second-order valence-corrected chi connectivity index (χ2v) is 8.60. The van der Waals surface area contributed by atoms with Gasteiger partial charge in [0.1, 0.15) is 28.1 Å². The lowest BCUT2D eigenvalue weighted by molar-refractivity contribution is 0.340. The summed E-state index contributed by atoms with van der Waals surface area (Å²) in [7, 11) is -4.15. The first-order chi connectivity index (χ1) is 15.5. The van der Waals surface area contributed by atoms with Crippen molar-refractivity contribution in [3.05, 3.63) is 72.2 Å². The van der Waals surface area contributed by atoms with Crippen LogP contribution in [0.4, 0.5) is 5.69 Å². The molecule has 10 nitrogen and oxygen atoms in total. The van der Waals surface area contributed by atoms with E-state index in [0.29, 0.717) is 34.6 Å². The van der Waals surface area contributed by atoms with Gasteiger partial charge in [0.25, 0.3) is 0 Å². The standard InChI is InChI=1S/C21H16N6O4S/c1-2-31-17-5-3-4-14(8-17)15-9-19-18(22-10-15)11-24-27(19)32(29,30)21-12-23-20-7-6-16(25-28)13-26(20)21/h3-13H,2H2,1H3. The van der Waals surface area contributed by atoms with Crippen molar-refractivity contribution in [2.24, 2.45) is 5.18 Å². The van der Waals surface area contributed by atoms with Crippen molar-refractivity contribution in [1.82, 2.24) is 23.6 Å². The number of hydrogen-bond acceptors (Lipinski definition) is 8. The highest BCUT2D eigenvalue weighted by Gasteiger charge is 2.25. The van der Waals surface area contributed by atoms with Gasteiger partial charge >= 0.3 is 10.0 Å². The Morgan fingerprint density at radius 1 is 1.03 bits per heavy atom. The smallest absolute Gasteiger partial charge is 0.301 e. The number of nitrogens with zero attached hydrogens (tertiary/aromatic N) is 6. The summed E-state index contributed by atoms with van der Waals surface area (Å²) in [5.41, 5.74) is 2.70. The van der Waals surface area contributed by atoms with Gasteiger partial charge in [-0.2, -0.15) is 17.6 Å². The summed E-state index contributed by atoms with van der Waals surface area (Å²) in [4.78, 5) is 19.4. The van der Waals surface area contributed by atoms with E-state index in [1.165, 1.54) is 35.1 Å². The van der Waals surface area contributed by atoms with Crippen LogP contribution in [-0.2, 0) is 10.0 Å². The largest absolute Gasteiger partial charge is 0.494 e. The zero-order valence-corrected chi connectivity index (χ0v) is 17.6. The van der Waals surface area contributed by atoms with E-state index in [4.69, 9.17) is 4.74 Å². The summed E-state index contributed by atoms with van der Waals surface area (Å²) < 4.78 is 34.7. The molecule has 1 aromatic carbocycles. The van der Waals surface area contributed by atoms with Gasteiger partial charge in [0, 0.05) is 18.0 Å². The van der Waals surface area contributed by atoms with Gasteiger partial charge in [-0.05, 0) is 48.0 Å². The minimum atomic E-state index is -4.15. The first kappa shape index (κ1) is 19.8. The lowest BCUT2D eigenvalue weighted by Crippen LogP contribution is -2.16. The predicted molar refractivity (Wildman–Crippen MR) is 117 cm³/mol. The molecule has 0 N–H and O–H groups in total. The molecule has 0 spiro atoms. The molecular formula is C21H16N6O4S. The van der Waals surface area contributed by atoms with Gasteiger partial charge in [0.2, 0.25) is 0 Å². The fourth-order valence-corrected chi connectivity index (χ4v) is 4.78. The number of imidazole rings is 1. The Kier molecular flexibility index (Phi) is 4.67. The highest BCUT2D eigenvalue weighted by atomic mass is 32.2. The zero-order chi connectivity index (χ0) is 22.3. The molecule has 32 heavy (non-hydrogen) atoms. The molecular weight excluding hydrogens is 432 g/mol. The second-order valence-electron chi connectivity index (χ2n) is 6.88. The first-order valence-electron chi connectivity index (χ1n) is 9.64. The monoisotopic (exact) mass is 448 g/mol. The maximum absolute atomic E-state index is 13.5. The molecule has 0 aliphatic rings. The van der Waals surface area contributed by atoms with Gasteiger partial charge < -0.3 is 4.74 Å². The van der Waals surface area contributed by atoms with E-state index in [9.17, 15) is 13.3 Å². The highest BCUT2D eigenvalue weighted by Crippen LogP contribution is 2.28. The van der Waals surface area contributed by atoms with E-state index in [1.54, 1.807) is 12.3 Å². The van der Waals surface area contributed by atoms with Crippen molar-refractivity contribution in [2.75, 3.05) is 6.61 Å². The van der Waals surface area contributed by atoms with Gasteiger partial charge in [0.15, 0.2) is 5.03 Å². The molecule has 0 atom stereocenters. The summed E-state index contributed by atoms with van der Waals surface area (Å²) in [6, 6.07) is 12.1. The van der Waals surface area contributed by atoms with Crippen LogP contribution >= 0.6 is 0 Å². The van der Waals surface area contributed by atoms with Gasteiger partial charge in [-0.25, -0.2) is 4.98 Å². The Morgan fingerprint density at radius 3 is 2.72 bits per heavy atom. The first-order valence-corrected chi connectivity index (χ1v) is 11.1. The molecule has 11 heteroatoms. The predicted octanol–water partition coefficient (Wildman–Crippen LogP) is 3.78. The van der Waals surface area contributed by atoms with Crippen LogP contribution in [0.5, 0.6) is 5.75 Å². The van der Waals surface area contributed by atoms with E-state index in [1.807, 2.05) is 31.2 Å². The molecule has 0 amide bonds. The summed E-state index contributed by atoms with van der Waals surface area (Å²) in [6.07, 6.45) is 5.57. The normalized spacial score (nSPS) is 11.8. The molecule has 4 aromatic heterocycles. The third-order valence-corrected chi connectivity index (χ3v) is 6.50. The van der Waals surface area contributed by atoms with Crippen LogP contribution < -0.4 is 4.74 Å². The maximum Gasteiger partial charge on any atom is 0.301 e. The minimum absolute atomic E-state index is 0.0791. The summed E-state index contributed by atoms with van der Waals surface area (Å²) >= 11 is 0. The van der Waals surface area contributed by atoms with Crippen molar-refractivity contribution in [2.45, 2.75) is 11.9 Å². The lowest BCUT2D eigenvalue weighted by Gasteiger charge is -2.08. The highest BCUT2D eigenvalue weighted by molar-refractivity contribution is 7.90. The van der Waals surface area contributed by atoms with Gasteiger partial charge in [-0.15, -0.1) is 4.91 Å². The molecule has 0 radical (unpaired) electrons. The number of benzene rings is 1. The third-order valence-electron chi connectivity index (χ3n) is 4.92. The van der Waals surface area contributed by atoms with Crippen molar-refractivity contribution in [3.8, 4) is 16.9 Å². The van der Waals surface area contributed by atoms with Crippen molar-refractivity contribution in [3.63, 3.8) is 0 Å². The van der Waals surface area contributed by atoms with Gasteiger partial charge in [0.05, 0.1) is 19.0 Å². The number of rotatable bonds is 6. The van der Waals surface area contributed by atoms with Crippen LogP contribution in [0.1, 0.15) is 6.92 Å². The molecule has 0 bridgehead atoms. The van der Waals surface area contributed by atoms with Crippen LogP contribution in [0, 0.1) is 4.91 Å². The van der Waals surface area contributed by atoms with Crippen LogP contribution in [0.25, 0.3) is 27.8 Å². The fourth-order valence-electron chi connectivity index (χ4n) is 3.45. The minimum Gasteiger partial charge on any atom is -0.494 e. The molecule has 4 heterocycles. The Hall–Kier alpha value is -4.12. The van der Waals surface area contributed by atoms with Gasteiger partial charge in [-0.1, -0.05) is 12.1 Å². The molecule has 0 saturated carbocycles. The molecule has 0 saturated heterocycles. The van der Waals surface area contributed by atoms with E-state index in [0.717, 1.165) is 9.65 Å². The van der Waals surface area contributed by atoms with Crippen molar-refractivity contribution >= 4 is 32.4 Å². The number of fused-ring (bicyclic) bond motifs is 2. The molecule has 0 unspecified atom stereocenters. The van der Waals surface area contributed by atoms with E-state index in [2.05, 4.69) is 20.2 Å². The van der Waals surface area contributed by atoms with Crippen molar-refractivity contribution in [1.29, 1.82) is 0 Å². The van der Waals surface area contributed by atoms with Crippen LogP contribution in [0.15, 0.2) is 77.5 Å². The Balaban J connectivity index is 1.66. The number of nitroso groups, excluding NO2 is 1. The number of ether oxygens (including phenoxy) is 1. The molecule has 0 aliphatic heterocycles. The maximum atomic E-state index is 13.5. The molecule has 5 aromatic rings. The Bertz CT molecular complexity index is 1590. The molecule has 160 valence electrons. The fraction of sp³-hybridized carbons (Fsp3) is 0.0952. The number of pyridine rings is 2. The number of aromatic nitrogens is 5. The average Bonchev–Trinajstić information content (AvgIpc) is 3.43. The van der Waals surface area contributed by atoms with Crippen LogP contribution in [0.3, 0.4) is 0 Å². The van der Waals surface area contributed by atoms with Crippen LogP contribution in [-0.4, -0.2) is 38.6 Å². The quantitative estimate of drug-likeness (QED) is 0.362. The lowest BCUT2D eigenvalue weighted by atomic mass is 10.1. The zero-order valence-electron chi connectivity index (χ0n) is 16.8. The molecule has 5 rings (SSSR count). The van der Waals surface area contributed by atoms with Crippen molar-refractivity contribution < 1.29 is 13.2 Å². The second kappa shape index (κ2) is 7.54. The van der Waals surface area contributed by atoms with E-state index >= 15 is 0 Å². The number of hydrogen-bond donors (Lipinski definition) is 0. The summed E-state index contributed by atoms with van der Waals surface area (Å²) in [5.74, 6) is 0.705. The van der Waals surface area contributed by atoms with E-state index < -0.39 is 10.0 Å². The SMILES string of the molecule is CCOc1cccc(-c2cnc3cnn(S(=O)(=O)c4cnc5ccc(N=O)cn45)c3c2)c1. The van der Waals surface area contributed by atoms with E-state index in [-0.39, 0.29) is 10.7 Å². The molecule has 0 fully saturated rings. The summed E-state index contributed by atoms with van der Waals surface area (Å²) in [5, 5.41) is 6.79. The average molecular weight is 448 g/mol. The molecule has 0 aliphatic carbocycles. The van der Waals surface area contributed by atoms with Gasteiger partial charge in [-0.3, -0.25) is 9.38 Å². The Morgan fingerprint density at radius 2 is 1.91 bits per heavy atom. The topological polar surface area (TPSA) is 121 Å².